The molecule has 0 unspecified atom stereocenters. The first-order valence-corrected chi connectivity index (χ1v) is 9.77. The summed E-state index contributed by atoms with van der Waals surface area (Å²) in [5, 5.41) is 3.31. The van der Waals surface area contributed by atoms with Crippen molar-refractivity contribution in [3.63, 3.8) is 0 Å². The number of hydrogen-bond donors (Lipinski definition) is 1. The van der Waals surface area contributed by atoms with Crippen LogP contribution in [0.5, 0.6) is 0 Å². The molecule has 1 saturated heterocycles. The number of thiazole rings is 1. The second kappa shape index (κ2) is 8.49. The van der Waals surface area contributed by atoms with E-state index in [0.717, 1.165) is 26.2 Å². The number of aromatic nitrogens is 1. The zero-order valence-corrected chi connectivity index (χ0v) is 16.8. The van der Waals surface area contributed by atoms with Crippen molar-refractivity contribution in [2.45, 2.75) is 6.92 Å². The minimum absolute atomic E-state index is 0.0949. The zero-order chi connectivity index (χ0) is 19.4. The van der Waals surface area contributed by atoms with Crippen LogP contribution in [0.15, 0.2) is 30.3 Å². The lowest BCUT2D eigenvalue weighted by molar-refractivity contribution is -0.117. The number of para-hydroxylation sites is 1. The Morgan fingerprint density at radius 2 is 1.81 bits per heavy atom. The van der Waals surface area contributed by atoms with Crippen LogP contribution in [0, 0.1) is 6.92 Å². The van der Waals surface area contributed by atoms with Gasteiger partial charge in [0.1, 0.15) is 4.88 Å². The Morgan fingerprint density at radius 1 is 1.15 bits per heavy atom. The highest BCUT2D eigenvalue weighted by Gasteiger charge is 2.21. The minimum atomic E-state index is -0.0965. The van der Waals surface area contributed by atoms with E-state index in [0.29, 0.717) is 22.2 Å². The third-order valence-corrected chi connectivity index (χ3v) is 5.57. The molecule has 0 atom stereocenters. The van der Waals surface area contributed by atoms with Crippen LogP contribution >= 0.6 is 11.3 Å². The molecule has 1 aromatic carbocycles. The molecule has 2 aromatic rings. The lowest BCUT2D eigenvalue weighted by Crippen LogP contribution is -2.48. The monoisotopic (exact) mass is 387 g/mol. The van der Waals surface area contributed by atoms with E-state index in [4.69, 9.17) is 0 Å². The first-order valence-electron chi connectivity index (χ1n) is 8.95. The molecule has 0 spiro atoms. The Balaban J connectivity index is 1.51. The first kappa shape index (κ1) is 19.3. The molecule has 8 heteroatoms. The quantitative estimate of drug-likeness (QED) is 0.849. The Kier molecular flexibility index (Phi) is 6.08. The van der Waals surface area contributed by atoms with E-state index in [2.05, 4.69) is 32.2 Å². The number of carbonyl (C=O) groups excluding carboxylic acids is 2. The molecule has 0 saturated carbocycles. The number of hydrogen-bond acceptors (Lipinski definition) is 6. The van der Waals surface area contributed by atoms with Crippen LogP contribution in [0.1, 0.15) is 15.4 Å². The molecule has 3 rings (SSSR count). The number of nitrogens with one attached hydrogen (secondary N) is 1. The summed E-state index contributed by atoms with van der Waals surface area (Å²) in [4.78, 5) is 35.3. The zero-order valence-electron chi connectivity index (χ0n) is 15.9. The molecule has 1 aliphatic heterocycles. The first-order chi connectivity index (χ1) is 12.9. The van der Waals surface area contributed by atoms with E-state index in [9.17, 15) is 9.59 Å². The smallest absolute Gasteiger partial charge is 0.265 e. The normalized spacial score (nSPS) is 14.9. The summed E-state index contributed by atoms with van der Waals surface area (Å²) < 4.78 is 0. The maximum atomic E-state index is 12.4. The van der Waals surface area contributed by atoms with E-state index in [1.807, 2.05) is 18.2 Å². The second-order valence-electron chi connectivity index (χ2n) is 6.78. The molecule has 144 valence electrons. The molecular weight excluding hydrogens is 362 g/mol. The number of rotatable bonds is 5. The Morgan fingerprint density at radius 3 is 2.44 bits per heavy atom. The van der Waals surface area contributed by atoms with Gasteiger partial charge in [0.15, 0.2) is 5.13 Å². The summed E-state index contributed by atoms with van der Waals surface area (Å²) in [6.45, 7) is 5.58. The number of amides is 2. The van der Waals surface area contributed by atoms with Crippen molar-refractivity contribution in [1.82, 2.24) is 14.8 Å². The summed E-state index contributed by atoms with van der Waals surface area (Å²) in [5.41, 5.74) is 1.86. The SMILES string of the molecule is Cc1nc(NC(=O)CN2CCN(c3ccccc3)CC2)sc1C(=O)N(C)C. The van der Waals surface area contributed by atoms with Crippen molar-refractivity contribution in [2.75, 3.05) is 57.0 Å². The van der Waals surface area contributed by atoms with Gasteiger partial charge in [-0.3, -0.25) is 14.5 Å². The van der Waals surface area contributed by atoms with Crippen LogP contribution in [-0.4, -0.2) is 73.4 Å². The van der Waals surface area contributed by atoms with Crippen LogP contribution < -0.4 is 10.2 Å². The van der Waals surface area contributed by atoms with Gasteiger partial charge in [-0.2, -0.15) is 0 Å². The summed E-state index contributed by atoms with van der Waals surface area (Å²) in [7, 11) is 3.41. The number of anilines is 2. The molecule has 27 heavy (non-hydrogen) atoms. The third kappa shape index (κ3) is 4.84. The fraction of sp³-hybridized carbons (Fsp3) is 0.421. The highest BCUT2D eigenvalue weighted by molar-refractivity contribution is 7.17. The lowest BCUT2D eigenvalue weighted by atomic mass is 10.2. The average molecular weight is 388 g/mol. The van der Waals surface area contributed by atoms with Crippen molar-refractivity contribution in [1.29, 1.82) is 0 Å². The summed E-state index contributed by atoms with van der Waals surface area (Å²) >= 11 is 1.22. The second-order valence-corrected chi connectivity index (χ2v) is 7.78. The van der Waals surface area contributed by atoms with Crippen molar-refractivity contribution in [2.24, 2.45) is 0 Å². The van der Waals surface area contributed by atoms with Gasteiger partial charge in [-0.1, -0.05) is 29.5 Å². The molecular formula is C19H25N5O2S. The van der Waals surface area contributed by atoms with Crippen molar-refractivity contribution >= 4 is 34.0 Å². The van der Waals surface area contributed by atoms with Gasteiger partial charge in [-0.25, -0.2) is 4.98 Å². The van der Waals surface area contributed by atoms with Gasteiger partial charge >= 0.3 is 0 Å². The standard InChI is InChI=1S/C19H25N5O2S/c1-14-17(18(26)22(2)3)27-19(20-14)21-16(25)13-23-9-11-24(12-10-23)15-7-5-4-6-8-15/h4-8H,9-13H2,1-3H3,(H,20,21,25). The molecule has 0 aliphatic carbocycles. The molecule has 1 aromatic heterocycles. The number of carbonyl (C=O) groups is 2. The van der Waals surface area contributed by atoms with Gasteiger partial charge in [-0.05, 0) is 19.1 Å². The van der Waals surface area contributed by atoms with Gasteiger partial charge in [0.2, 0.25) is 5.91 Å². The maximum absolute atomic E-state index is 12.4. The molecule has 2 heterocycles. The van der Waals surface area contributed by atoms with E-state index in [1.165, 1.54) is 21.9 Å². The van der Waals surface area contributed by atoms with Gasteiger partial charge in [0, 0.05) is 46.0 Å². The van der Waals surface area contributed by atoms with Gasteiger partial charge in [-0.15, -0.1) is 0 Å². The Hall–Kier alpha value is -2.45. The average Bonchev–Trinajstić information content (AvgIpc) is 3.02. The van der Waals surface area contributed by atoms with E-state index < -0.39 is 0 Å². The predicted molar refractivity (Wildman–Crippen MR) is 109 cm³/mol. The van der Waals surface area contributed by atoms with Crippen molar-refractivity contribution in [3.8, 4) is 0 Å². The fourth-order valence-corrected chi connectivity index (χ4v) is 4.02. The van der Waals surface area contributed by atoms with Crippen molar-refractivity contribution < 1.29 is 9.59 Å². The van der Waals surface area contributed by atoms with Gasteiger partial charge < -0.3 is 15.1 Å². The van der Waals surface area contributed by atoms with Crippen LogP contribution in [0.4, 0.5) is 10.8 Å². The molecule has 1 fully saturated rings. The number of piperazine rings is 1. The van der Waals surface area contributed by atoms with Gasteiger partial charge in [0.25, 0.3) is 5.91 Å². The van der Waals surface area contributed by atoms with E-state index >= 15 is 0 Å². The molecule has 0 radical (unpaired) electrons. The molecule has 0 bridgehead atoms. The third-order valence-electron chi connectivity index (χ3n) is 4.50. The van der Waals surface area contributed by atoms with Gasteiger partial charge in [0.05, 0.1) is 12.2 Å². The molecule has 7 nitrogen and oxygen atoms in total. The molecule has 2 amide bonds. The molecule has 1 aliphatic rings. The van der Waals surface area contributed by atoms with Crippen LogP contribution in [0.3, 0.4) is 0 Å². The number of aryl methyl sites for hydroxylation is 1. The summed E-state index contributed by atoms with van der Waals surface area (Å²) in [6, 6.07) is 10.3. The lowest BCUT2D eigenvalue weighted by Gasteiger charge is -2.35. The van der Waals surface area contributed by atoms with Crippen molar-refractivity contribution in [3.05, 3.63) is 40.9 Å². The molecule has 1 N–H and O–H groups in total. The maximum Gasteiger partial charge on any atom is 0.265 e. The predicted octanol–water partition coefficient (Wildman–Crippen LogP) is 1.91. The Bertz CT molecular complexity index is 798. The summed E-state index contributed by atoms with van der Waals surface area (Å²) in [5.74, 6) is -0.191. The van der Waals surface area contributed by atoms with E-state index in [1.54, 1.807) is 21.0 Å². The largest absolute Gasteiger partial charge is 0.369 e. The van der Waals surface area contributed by atoms with Crippen LogP contribution in [0.2, 0.25) is 0 Å². The number of benzene rings is 1. The fourth-order valence-electron chi connectivity index (χ4n) is 3.02. The minimum Gasteiger partial charge on any atom is -0.369 e. The van der Waals surface area contributed by atoms with E-state index in [-0.39, 0.29) is 11.8 Å². The topological polar surface area (TPSA) is 68.8 Å². The van der Waals surface area contributed by atoms with Crippen LogP contribution in [-0.2, 0) is 4.79 Å². The number of nitrogens with zero attached hydrogens (tertiary/aromatic N) is 4. The highest BCUT2D eigenvalue weighted by atomic mass is 32.1. The highest BCUT2D eigenvalue weighted by Crippen LogP contribution is 2.23. The summed E-state index contributed by atoms with van der Waals surface area (Å²) in [6.07, 6.45) is 0. The van der Waals surface area contributed by atoms with Crippen LogP contribution in [0.25, 0.3) is 0 Å². The Labute approximate surface area is 163 Å².